The van der Waals surface area contributed by atoms with E-state index < -0.39 is 0 Å². The quantitative estimate of drug-likeness (QED) is 0.756. The Kier molecular flexibility index (Phi) is 5.43. The average Bonchev–Trinajstić information content (AvgIpc) is 3.22. The minimum absolute atomic E-state index is 0.0847. The van der Waals surface area contributed by atoms with Crippen molar-refractivity contribution < 1.29 is 4.79 Å². The summed E-state index contributed by atoms with van der Waals surface area (Å²) >= 11 is 1.42. The van der Waals surface area contributed by atoms with E-state index in [9.17, 15) is 4.79 Å². The Morgan fingerprint density at radius 2 is 2.25 bits per heavy atom. The third-order valence-corrected chi connectivity index (χ3v) is 5.38. The largest absolute Gasteiger partial charge is 0.330 e. The topological polar surface area (TPSA) is 36.4 Å². The van der Waals surface area contributed by atoms with Gasteiger partial charge in [0.2, 0.25) is 0 Å². The van der Waals surface area contributed by atoms with Crippen LogP contribution in [0.1, 0.15) is 27.3 Å². The van der Waals surface area contributed by atoms with Gasteiger partial charge in [-0.05, 0) is 18.9 Å². The molecule has 1 aromatic heterocycles. The summed E-state index contributed by atoms with van der Waals surface area (Å²) < 4.78 is 0. The molecule has 1 aromatic carbocycles. The van der Waals surface area contributed by atoms with Crippen molar-refractivity contribution in [3.8, 4) is 0 Å². The van der Waals surface area contributed by atoms with Crippen LogP contribution in [0.2, 0.25) is 0 Å². The molecule has 2 aromatic rings. The first-order valence-electron chi connectivity index (χ1n) is 8.27. The zero-order valence-corrected chi connectivity index (χ0v) is 14.8. The molecule has 0 radical (unpaired) electrons. The van der Waals surface area contributed by atoms with Gasteiger partial charge in [-0.15, -0.1) is 17.9 Å². The first kappa shape index (κ1) is 16.9. The number of hydrogen-bond donors (Lipinski definition) is 0. The van der Waals surface area contributed by atoms with Crippen molar-refractivity contribution in [3.05, 3.63) is 64.6 Å². The van der Waals surface area contributed by atoms with E-state index in [1.54, 1.807) is 5.51 Å². The predicted molar refractivity (Wildman–Crippen MR) is 98.2 cm³/mol. The summed E-state index contributed by atoms with van der Waals surface area (Å²) in [6.07, 6.45) is 2.82. The SMILES string of the molecule is C=CCN(C(=O)c1scnc1C)C1CCN(Cc2ccccc2)C1. The summed E-state index contributed by atoms with van der Waals surface area (Å²) in [5.74, 6) is 0.0847. The van der Waals surface area contributed by atoms with E-state index in [0.29, 0.717) is 6.54 Å². The van der Waals surface area contributed by atoms with Gasteiger partial charge in [0.1, 0.15) is 4.88 Å². The van der Waals surface area contributed by atoms with Gasteiger partial charge in [0.25, 0.3) is 5.91 Å². The van der Waals surface area contributed by atoms with Crippen molar-refractivity contribution in [1.29, 1.82) is 0 Å². The van der Waals surface area contributed by atoms with Gasteiger partial charge in [-0.1, -0.05) is 36.4 Å². The Labute approximate surface area is 147 Å². The van der Waals surface area contributed by atoms with E-state index >= 15 is 0 Å². The number of aryl methyl sites for hydroxylation is 1. The second-order valence-electron chi connectivity index (χ2n) is 6.18. The maximum atomic E-state index is 12.9. The second kappa shape index (κ2) is 7.73. The number of thiazole rings is 1. The predicted octanol–water partition coefficient (Wildman–Crippen LogP) is 3.35. The number of hydrogen-bond acceptors (Lipinski definition) is 4. The lowest BCUT2D eigenvalue weighted by atomic mass is 10.2. The van der Waals surface area contributed by atoms with Crippen molar-refractivity contribution in [2.75, 3.05) is 19.6 Å². The molecular formula is C19H23N3OS. The van der Waals surface area contributed by atoms with E-state index in [0.717, 1.165) is 36.6 Å². The van der Waals surface area contributed by atoms with Crippen LogP contribution in [-0.4, -0.2) is 46.4 Å². The van der Waals surface area contributed by atoms with Crippen LogP contribution in [0.4, 0.5) is 0 Å². The van der Waals surface area contributed by atoms with Crippen LogP contribution in [0, 0.1) is 6.92 Å². The molecule has 1 aliphatic heterocycles. The average molecular weight is 341 g/mol. The number of carbonyl (C=O) groups is 1. The molecule has 3 rings (SSSR count). The van der Waals surface area contributed by atoms with E-state index in [4.69, 9.17) is 0 Å². The van der Waals surface area contributed by atoms with Crippen molar-refractivity contribution in [3.63, 3.8) is 0 Å². The summed E-state index contributed by atoms with van der Waals surface area (Å²) in [7, 11) is 0. The third kappa shape index (κ3) is 3.74. The highest BCUT2D eigenvalue weighted by Gasteiger charge is 2.31. The molecule has 1 amide bonds. The van der Waals surface area contributed by atoms with Crippen LogP contribution in [-0.2, 0) is 6.54 Å². The van der Waals surface area contributed by atoms with E-state index in [1.165, 1.54) is 16.9 Å². The number of amides is 1. The Hall–Kier alpha value is -1.98. The van der Waals surface area contributed by atoms with Crippen molar-refractivity contribution in [1.82, 2.24) is 14.8 Å². The van der Waals surface area contributed by atoms with Crippen LogP contribution in [0.25, 0.3) is 0 Å². The molecule has 0 aliphatic carbocycles. The van der Waals surface area contributed by atoms with Crippen LogP contribution >= 0.6 is 11.3 Å². The molecular weight excluding hydrogens is 318 g/mol. The first-order chi connectivity index (χ1) is 11.7. The highest BCUT2D eigenvalue weighted by Crippen LogP contribution is 2.22. The summed E-state index contributed by atoms with van der Waals surface area (Å²) in [5.41, 5.74) is 3.88. The lowest BCUT2D eigenvalue weighted by molar-refractivity contribution is 0.0710. The fourth-order valence-corrected chi connectivity index (χ4v) is 3.98. The van der Waals surface area contributed by atoms with Crippen LogP contribution in [0.3, 0.4) is 0 Å². The van der Waals surface area contributed by atoms with E-state index in [-0.39, 0.29) is 11.9 Å². The molecule has 1 unspecified atom stereocenters. The highest BCUT2D eigenvalue weighted by atomic mass is 32.1. The zero-order valence-electron chi connectivity index (χ0n) is 14.0. The molecule has 0 bridgehead atoms. The van der Waals surface area contributed by atoms with Gasteiger partial charge >= 0.3 is 0 Å². The number of benzene rings is 1. The molecule has 1 fully saturated rings. The zero-order chi connectivity index (χ0) is 16.9. The van der Waals surface area contributed by atoms with Gasteiger partial charge in [-0.3, -0.25) is 9.69 Å². The third-order valence-electron chi connectivity index (χ3n) is 4.46. The normalized spacial score (nSPS) is 17.8. The van der Waals surface area contributed by atoms with Crippen molar-refractivity contribution in [2.45, 2.75) is 25.9 Å². The summed E-state index contributed by atoms with van der Waals surface area (Å²) in [6.45, 7) is 9.17. The molecule has 5 heteroatoms. The van der Waals surface area contributed by atoms with Gasteiger partial charge in [0, 0.05) is 32.2 Å². The summed E-state index contributed by atoms with van der Waals surface area (Å²) in [5, 5.41) is 0. The molecule has 0 saturated carbocycles. The van der Waals surface area contributed by atoms with Crippen LogP contribution in [0.15, 0.2) is 48.5 Å². The fraction of sp³-hybridized carbons (Fsp3) is 0.368. The maximum absolute atomic E-state index is 12.9. The minimum atomic E-state index is 0.0847. The standard InChI is InChI=1S/C19H23N3OS/c1-3-10-22(19(23)18-15(2)20-14-24-18)17-9-11-21(13-17)12-16-7-5-4-6-8-16/h3-8,14,17H,1,9-13H2,2H3. The van der Waals surface area contributed by atoms with Gasteiger partial charge in [-0.25, -0.2) is 4.98 Å². The molecule has 126 valence electrons. The molecule has 1 atom stereocenters. The molecule has 1 saturated heterocycles. The lowest BCUT2D eigenvalue weighted by Crippen LogP contribution is -2.42. The lowest BCUT2D eigenvalue weighted by Gasteiger charge is -2.28. The highest BCUT2D eigenvalue weighted by molar-refractivity contribution is 7.11. The smallest absolute Gasteiger partial charge is 0.266 e. The van der Waals surface area contributed by atoms with Gasteiger partial charge < -0.3 is 4.90 Å². The number of likely N-dealkylation sites (tertiary alicyclic amines) is 1. The first-order valence-corrected chi connectivity index (χ1v) is 9.15. The van der Waals surface area contributed by atoms with Crippen molar-refractivity contribution in [2.24, 2.45) is 0 Å². The summed E-state index contributed by atoms with van der Waals surface area (Å²) in [6, 6.07) is 10.7. The fourth-order valence-electron chi connectivity index (χ4n) is 3.23. The van der Waals surface area contributed by atoms with E-state index in [2.05, 4.69) is 40.7 Å². The maximum Gasteiger partial charge on any atom is 0.266 e. The number of nitrogens with zero attached hydrogens (tertiary/aromatic N) is 3. The molecule has 0 N–H and O–H groups in total. The van der Waals surface area contributed by atoms with Gasteiger partial charge in [0.05, 0.1) is 11.2 Å². The number of carbonyl (C=O) groups excluding carboxylic acids is 1. The Balaban J connectivity index is 1.68. The van der Waals surface area contributed by atoms with Gasteiger partial charge in [0.15, 0.2) is 0 Å². The number of rotatable bonds is 6. The van der Waals surface area contributed by atoms with Gasteiger partial charge in [-0.2, -0.15) is 0 Å². The van der Waals surface area contributed by atoms with E-state index in [1.807, 2.05) is 24.0 Å². The summed E-state index contributed by atoms with van der Waals surface area (Å²) in [4.78, 5) is 22.2. The molecule has 24 heavy (non-hydrogen) atoms. The van der Waals surface area contributed by atoms with Crippen molar-refractivity contribution >= 4 is 17.2 Å². The second-order valence-corrected chi connectivity index (χ2v) is 7.03. The Bertz CT molecular complexity index is 698. The molecule has 1 aliphatic rings. The molecule has 4 nitrogen and oxygen atoms in total. The minimum Gasteiger partial charge on any atom is -0.330 e. The number of aromatic nitrogens is 1. The van der Waals surface area contributed by atoms with Crippen LogP contribution in [0.5, 0.6) is 0 Å². The molecule has 0 spiro atoms. The Morgan fingerprint density at radius 3 is 2.92 bits per heavy atom. The van der Waals surface area contributed by atoms with Crippen LogP contribution < -0.4 is 0 Å². The Morgan fingerprint density at radius 1 is 1.46 bits per heavy atom. The monoisotopic (exact) mass is 341 g/mol. The molecule has 2 heterocycles.